The number of aromatic nitrogens is 4. The third kappa shape index (κ3) is 25.8. The first-order valence-corrected chi connectivity index (χ1v) is 31.5. The number of phosphoric acid groups is 3. The normalized spacial score (nSPS) is 19.8. The summed E-state index contributed by atoms with van der Waals surface area (Å²) >= 11 is 1.16. The highest BCUT2D eigenvalue weighted by Gasteiger charge is 2.50. The largest absolute Gasteiger partial charge is 0.481 e. The van der Waals surface area contributed by atoms with Crippen LogP contribution in [-0.4, -0.2) is 123 Å². The lowest BCUT2D eigenvalue weighted by Crippen LogP contribution is -2.46. The maximum absolute atomic E-state index is 12.8. The number of nitrogens with zero attached hydrogens (tertiary/aromatic N) is 4. The monoisotopic (exact) mass is 1130 g/mol. The second kappa shape index (κ2) is 33.8. The van der Waals surface area contributed by atoms with Gasteiger partial charge in [0.05, 0.1) is 19.5 Å². The molecule has 1 aliphatic heterocycles. The lowest BCUT2D eigenvalue weighted by molar-refractivity contribution is -0.137. The van der Waals surface area contributed by atoms with Gasteiger partial charge in [0.2, 0.25) is 11.8 Å². The highest BCUT2D eigenvalue weighted by molar-refractivity contribution is 8.13. The molecule has 426 valence electrons. The number of aliphatic hydroxyl groups excluding tert-OH is 2. The number of carbonyl (C=O) groups is 3. The molecule has 0 saturated carbocycles. The van der Waals surface area contributed by atoms with Crippen LogP contribution in [-0.2, 0) is 50.7 Å². The van der Waals surface area contributed by atoms with Gasteiger partial charge in [-0.15, -0.1) is 0 Å². The number of anilines is 1. The third-order valence-electron chi connectivity index (χ3n) is 12.6. The van der Waals surface area contributed by atoms with Crippen LogP contribution < -0.4 is 16.4 Å². The molecule has 0 bridgehead atoms. The van der Waals surface area contributed by atoms with E-state index in [0.29, 0.717) is 12.2 Å². The van der Waals surface area contributed by atoms with Crippen LogP contribution >= 0.6 is 35.2 Å². The van der Waals surface area contributed by atoms with Gasteiger partial charge in [-0.05, 0) is 12.3 Å². The molecule has 2 aromatic rings. The van der Waals surface area contributed by atoms with Gasteiger partial charge in [-0.25, -0.2) is 28.6 Å². The molecule has 0 aliphatic carbocycles. The molecule has 1 saturated heterocycles. The molecular formula is C46H84N7O17P3S. The van der Waals surface area contributed by atoms with Gasteiger partial charge in [-0.3, -0.25) is 32.5 Å². The highest BCUT2D eigenvalue weighted by Crippen LogP contribution is 2.61. The maximum atomic E-state index is 12.8. The van der Waals surface area contributed by atoms with Crippen molar-refractivity contribution in [2.24, 2.45) is 11.3 Å². The zero-order valence-electron chi connectivity index (χ0n) is 43.5. The zero-order chi connectivity index (χ0) is 54.8. The van der Waals surface area contributed by atoms with Crippen LogP contribution in [0.15, 0.2) is 12.7 Å². The average Bonchev–Trinajstić information content (AvgIpc) is 3.89. The predicted molar refractivity (Wildman–Crippen MR) is 279 cm³/mol. The first kappa shape index (κ1) is 65.8. The Balaban J connectivity index is 1.22. The minimum Gasteiger partial charge on any atom is -0.386 e. The van der Waals surface area contributed by atoms with Crippen LogP contribution in [0.4, 0.5) is 5.82 Å². The zero-order valence-corrected chi connectivity index (χ0v) is 47.0. The number of hydrogen-bond donors (Lipinski definition) is 9. The smallest absolute Gasteiger partial charge is 0.386 e. The summed E-state index contributed by atoms with van der Waals surface area (Å²) in [6.45, 7) is 5.27. The fourth-order valence-electron chi connectivity index (χ4n) is 8.31. The fraction of sp³-hybridized carbons (Fsp3) is 0.826. The van der Waals surface area contributed by atoms with Gasteiger partial charge in [0.1, 0.15) is 36.3 Å². The fourth-order valence-corrected chi connectivity index (χ4v) is 11.9. The number of aliphatic hydroxyl groups is 2. The number of carbonyl (C=O) groups excluding carboxylic acids is 3. The van der Waals surface area contributed by atoms with E-state index in [4.69, 9.17) is 19.5 Å². The summed E-state index contributed by atoms with van der Waals surface area (Å²) in [5.41, 5.74) is 4.30. The van der Waals surface area contributed by atoms with E-state index in [1.54, 1.807) is 0 Å². The molecule has 0 aromatic carbocycles. The first-order valence-electron chi connectivity index (χ1n) is 26.0. The molecule has 8 atom stereocenters. The third-order valence-corrected chi connectivity index (χ3v) is 16.7. The Labute approximate surface area is 439 Å². The van der Waals surface area contributed by atoms with Crippen molar-refractivity contribution in [3.8, 4) is 0 Å². The van der Waals surface area contributed by atoms with E-state index in [9.17, 15) is 57.9 Å². The molecule has 3 rings (SSSR count). The number of thioether (sulfide) groups is 1. The lowest BCUT2D eigenvalue weighted by Gasteiger charge is -2.30. The van der Waals surface area contributed by atoms with E-state index in [-0.39, 0.29) is 41.6 Å². The summed E-state index contributed by atoms with van der Waals surface area (Å²) in [5.74, 6) is -0.127. The summed E-state index contributed by atoms with van der Waals surface area (Å²) < 4.78 is 62.6. The van der Waals surface area contributed by atoms with Crippen molar-refractivity contribution < 1.29 is 80.5 Å². The van der Waals surface area contributed by atoms with Crippen molar-refractivity contribution in [2.45, 2.75) is 200 Å². The molecular weight excluding hydrogens is 1050 g/mol. The van der Waals surface area contributed by atoms with Crippen LogP contribution in [0.3, 0.4) is 0 Å². The molecule has 2 amide bonds. The Bertz CT molecular complexity index is 2140. The van der Waals surface area contributed by atoms with Crippen LogP contribution in [0.5, 0.6) is 0 Å². The van der Waals surface area contributed by atoms with Crippen LogP contribution in [0.25, 0.3) is 11.2 Å². The number of fused-ring (bicyclic) bond motifs is 1. The average molecular weight is 1130 g/mol. The number of phosphoric ester groups is 3. The SMILES string of the molecule is CCCCCC(C)CCCCCCCCCCCCCCCCCC(=O)SCCNC(=O)CCNC(=O)C(O)C(C)(C)COP(=O)(O)OP(=O)(O)OCC1OC(n2cnc3c(N)ncnc32)C(O)C1OP(=O)(O)O. The summed E-state index contributed by atoms with van der Waals surface area (Å²) in [7, 11) is -16.4. The first-order chi connectivity index (χ1) is 34.9. The summed E-state index contributed by atoms with van der Waals surface area (Å²) in [6, 6.07) is 0. The Morgan fingerprint density at radius 2 is 1.38 bits per heavy atom. The Morgan fingerprint density at radius 1 is 0.811 bits per heavy atom. The second-order valence-electron chi connectivity index (χ2n) is 19.7. The van der Waals surface area contributed by atoms with Crippen molar-refractivity contribution in [3.63, 3.8) is 0 Å². The lowest BCUT2D eigenvalue weighted by atomic mass is 9.87. The highest BCUT2D eigenvalue weighted by atomic mass is 32.2. The van der Waals surface area contributed by atoms with E-state index in [1.807, 2.05) is 0 Å². The second-order valence-corrected chi connectivity index (χ2v) is 25.1. The van der Waals surface area contributed by atoms with Gasteiger partial charge in [0.15, 0.2) is 22.8 Å². The standard InChI is InChI=1S/C46H84N7O17P3S/c1-5-6-20-23-34(2)24-21-18-16-14-12-10-8-7-9-11-13-15-17-19-22-25-37(55)74-29-28-48-36(54)26-27-49-44(58)41(57)46(3,4)31-67-73(64,65)70-72(62,63)66-30-35-40(69-71(59,60)61)39(56)45(68-35)53-33-52-38-42(47)50-32-51-43(38)53/h32-35,39-41,45,56-57H,5-31H2,1-4H3,(H,48,54)(H,49,58)(H,62,63)(H,64,65)(H2,47,50,51)(H2,59,60,61). The van der Waals surface area contributed by atoms with Crippen molar-refractivity contribution in [3.05, 3.63) is 12.7 Å². The van der Waals surface area contributed by atoms with Gasteiger partial charge in [-0.1, -0.05) is 161 Å². The molecule has 0 radical (unpaired) electrons. The number of amides is 2. The summed E-state index contributed by atoms with van der Waals surface area (Å²) in [6.07, 6.45) is 19.4. The van der Waals surface area contributed by atoms with E-state index in [0.717, 1.165) is 54.2 Å². The van der Waals surface area contributed by atoms with Crippen molar-refractivity contribution >= 4 is 69.1 Å². The van der Waals surface area contributed by atoms with Crippen LogP contribution in [0, 0.1) is 11.3 Å². The quantitative estimate of drug-likeness (QED) is 0.0230. The van der Waals surface area contributed by atoms with Gasteiger partial charge < -0.3 is 50.9 Å². The number of hydrogen-bond acceptors (Lipinski definition) is 18. The molecule has 10 N–H and O–H groups in total. The van der Waals surface area contributed by atoms with Crippen LogP contribution in [0.1, 0.15) is 175 Å². The topological polar surface area (TPSA) is 364 Å². The molecule has 3 heterocycles. The molecule has 1 aliphatic rings. The molecule has 74 heavy (non-hydrogen) atoms. The van der Waals surface area contributed by atoms with Crippen LogP contribution in [0.2, 0.25) is 0 Å². The molecule has 28 heteroatoms. The number of nitrogens with two attached hydrogens (primary N) is 1. The molecule has 2 aromatic heterocycles. The number of nitrogens with one attached hydrogen (secondary N) is 2. The Hall–Kier alpha value is -2.44. The van der Waals surface area contributed by atoms with E-state index in [1.165, 1.54) is 123 Å². The number of imidazole rings is 1. The minimum atomic E-state index is -5.58. The van der Waals surface area contributed by atoms with E-state index >= 15 is 0 Å². The summed E-state index contributed by atoms with van der Waals surface area (Å²) in [5, 5.41) is 26.7. The van der Waals surface area contributed by atoms with E-state index in [2.05, 4.69) is 48.3 Å². The number of nitrogen functional groups attached to an aromatic ring is 1. The Morgan fingerprint density at radius 3 is 1.97 bits per heavy atom. The van der Waals surface area contributed by atoms with E-state index < -0.39 is 84.6 Å². The molecule has 1 fully saturated rings. The van der Waals surface area contributed by atoms with Gasteiger partial charge in [0.25, 0.3) is 0 Å². The van der Waals surface area contributed by atoms with Crippen molar-refractivity contribution in [1.29, 1.82) is 0 Å². The van der Waals surface area contributed by atoms with Crippen molar-refractivity contribution in [2.75, 3.05) is 37.8 Å². The Kier molecular flexibility index (Phi) is 30.0. The number of ether oxygens (including phenoxy) is 1. The van der Waals surface area contributed by atoms with Crippen molar-refractivity contribution in [1.82, 2.24) is 30.2 Å². The van der Waals surface area contributed by atoms with Gasteiger partial charge in [0, 0.05) is 37.1 Å². The number of unbranched alkanes of at least 4 members (excludes halogenated alkanes) is 16. The van der Waals surface area contributed by atoms with Gasteiger partial charge >= 0.3 is 23.5 Å². The molecule has 0 spiro atoms. The molecule has 8 unspecified atom stereocenters. The summed E-state index contributed by atoms with van der Waals surface area (Å²) in [4.78, 5) is 88.6. The maximum Gasteiger partial charge on any atom is 0.481 e. The predicted octanol–water partition coefficient (Wildman–Crippen LogP) is 7.51. The molecule has 24 nitrogen and oxygen atoms in total. The minimum absolute atomic E-state index is 0.0345. The number of rotatable bonds is 41. The van der Waals surface area contributed by atoms with Gasteiger partial charge in [-0.2, -0.15) is 4.31 Å².